The molecule has 0 saturated heterocycles. The molecule has 0 unspecified atom stereocenters. The Bertz CT molecular complexity index is 746. The quantitative estimate of drug-likeness (QED) is 0.632. The Hall–Kier alpha value is -1.94. The van der Waals surface area contributed by atoms with Crippen molar-refractivity contribution in [2.75, 3.05) is 0 Å². The molecule has 3 rings (SSSR count). The lowest BCUT2D eigenvalue weighted by atomic mass is 10.1. The van der Waals surface area contributed by atoms with E-state index in [0.717, 1.165) is 21.6 Å². The van der Waals surface area contributed by atoms with Crippen molar-refractivity contribution in [3.05, 3.63) is 46.9 Å². The van der Waals surface area contributed by atoms with Crippen molar-refractivity contribution >= 4 is 34.3 Å². The third kappa shape index (κ3) is 2.51. The Morgan fingerprint density at radius 3 is 2.80 bits per heavy atom. The number of hydrogen-bond acceptors (Lipinski definition) is 3. The lowest BCUT2D eigenvalue weighted by molar-refractivity contribution is 0.408. The highest BCUT2D eigenvalue weighted by atomic mass is 32.1. The van der Waals surface area contributed by atoms with Crippen molar-refractivity contribution < 1.29 is 0 Å². The molecular weight excluding hydrogens is 266 g/mol. The number of rotatable bonds is 2. The van der Waals surface area contributed by atoms with E-state index in [9.17, 15) is 0 Å². The first-order valence-electron chi connectivity index (χ1n) is 6.59. The highest BCUT2D eigenvalue weighted by Gasteiger charge is 2.15. The number of aliphatic imine (C=N–C) groups is 1. The van der Waals surface area contributed by atoms with Crippen LogP contribution in [0.15, 0.2) is 47.0 Å². The molecule has 1 aromatic carbocycles. The minimum Gasteiger partial charge on any atom is -0.325 e. The van der Waals surface area contributed by atoms with Crippen LogP contribution in [0.3, 0.4) is 0 Å². The Morgan fingerprint density at radius 1 is 1.25 bits per heavy atom. The van der Waals surface area contributed by atoms with Crippen molar-refractivity contribution in [3.63, 3.8) is 0 Å². The van der Waals surface area contributed by atoms with Gasteiger partial charge in [0.05, 0.1) is 23.0 Å². The summed E-state index contributed by atoms with van der Waals surface area (Å²) in [6, 6.07) is 10.2. The van der Waals surface area contributed by atoms with E-state index in [-0.39, 0.29) is 5.54 Å². The summed E-state index contributed by atoms with van der Waals surface area (Å²) >= 11 is 1.68. The summed E-state index contributed by atoms with van der Waals surface area (Å²) < 4.78 is 2.19. The van der Waals surface area contributed by atoms with Gasteiger partial charge in [-0.1, -0.05) is 6.07 Å². The van der Waals surface area contributed by atoms with Crippen LogP contribution in [0.2, 0.25) is 0 Å². The number of thiophene rings is 1. The molecule has 102 valence electrons. The van der Waals surface area contributed by atoms with Crippen LogP contribution in [0, 0.1) is 0 Å². The smallest absolute Gasteiger partial charge is 0.0963 e. The molecule has 0 amide bonds. The summed E-state index contributed by atoms with van der Waals surface area (Å²) in [4.78, 5) is 10.1. The first-order chi connectivity index (χ1) is 9.54. The summed E-state index contributed by atoms with van der Waals surface area (Å²) in [5.41, 5.74) is 3.11. The minimum atomic E-state index is 0.0382. The summed E-state index contributed by atoms with van der Waals surface area (Å²) in [5.74, 6) is 0. The molecule has 2 heterocycles. The van der Waals surface area contributed by atoms with E-state index in [1.165, 1.54) is 0 Å². The maximum absolute atomic E-state index is 4.51. The van der Waals surface area contributed by atoms with Gasteiger partial charge in [-0.3, -0.25) is 4.99 Å². The fourth-order valence-electron chi connectivity index (χ4n) is 2.12. The number of aromatic nitrogens is 2. The van der Waals surface area contributed by atoms with Gasteiger partial charge in [-0.2, -0.15) is 0 Å². The number of hydrogen-bond donors (Lipinski definition) is 0. The molecule has 2 aromatic heterocycles. The highest BCUT2D eigenvalue weighted by molar-refractivity contribution is 7.11. The van der Waals surface area contributed by atoms with Crippen LogP contribution in [-0.2, 0) is 5.54 Å². The second-order valence-electron chi connectivity index (χ2n) is 5.73. The lowest BCUT2D eigenvalue weighted by Crippen LogP contribution is -2.20. The average molecular weight is 283 g/mol. The van der Waals surface area contributed by atoms with Gasteiger partial charge in [-0.05, 0) is 50.4 Å². The Kier molecular flexibility index (Phi) is 3.18. The van der Waals surface area contributed by atoms with E-state index in [1.54, 1.807) is 11.3 Å². The monoisotopic (exact) mass is 283 g/mol. The summed E-state index contributed by atoms with van der Waals surface area (Å²) in [6.07, 6.45) is 3.80. The molecule has 0 aliphatic heterocycles. The molecular formula is C16H17N3S. The number of nitrogens with zero attached hydrogens (tertiary/aromatic N) is 3. The van der Waals surface area contributed by atoms with E-state index >= 15 is 0 Å². The van der Waals surface area contributed by atoms with Crippen LogP contribution in [-0.4, -0.2) is 15.8 Å². The third-order valence-electron chi connectivity index (χ3n) is 3.14. The van der Waals surface area contributed by atoms with E-state index in [0.29, 0.717) is 0 Å². The van der Waals surface area contributed by atoms with Gasteiger partial charge in [-0.15, -0.1) is 11.3 Å². The standard InChI is InChI=1S/C16H17N3S/c1-16(2,3)19-11-18-14-9-12(6-7-15(14)19)17-10-13-5-4-8-20-13/h4-11H,1-3H3. The third-order valence-corrected chi connectivity index (χ3v) is 3.94. The molecule has 3 nitrogen and oxygen atoms in total. The van der Waals surface area contributed by atoms with Gasteiger partial charge in [0.25, 0.3) is 0 Å². The van der Waals surface area contributed by atoms with Gasteiger partial charge >= 0.3 is 0 Å². The van der Waals surface area contributed by atoms with Gasteiger partial charge in [0.15, 0.2) is 0 Å². The van der Waals surface area contributed by atoms with E-state index in [1.807, 2.05) is 30.7 Å². The maximum Gasteiger partial charge on any atom is 0.0963 e. The molecule has 4 heteroatoms. The normalized spacial score (nSPS) is 12.6. The fraction of sp³-hybridized carbons (Fsp3) is 0.250. The van der Waals surface area contributed by atoms with Crippen LogP contribution >= 0.6 is 11.3 Å². The Balaban J connectivity index is 1.96. The van der Waals surface area contributed by atoms with Crippen molar-refractivity contribution in [1.29, 1.82) is 0 Å². The summed E-state index contributed by atoms with van der Waals surface area (Å²) in [7, 11) is 0. The van der Waals surface area contributed by atoms with Gasteiger partial charge < -0.3 is 4.57 Å². The van der Waals surface area contributed by atoms with Crippen LogP contribution in [0.5, 0.6) is 0 Å². The van der Waals surface area contributed by atoms with E-state index in [2.05, 4.69) is 52.8 Å². The number of benzene rings is 1. The summed E-state index contributed by atoms with van der Waals surface area (Å²) in [6.45, 7) is 6.53. The summed E-state index contributed by atoms with van der Waals surface area (Å²) in [5, 5.41) is 2.05. The first kappa shape index (κ1) is 13.1. The van der Waals surface area contributed by atoms with Crippen molar-refractivity contribution in [2.45, 2.75) is 26.3 Å². The zero-order valence-corrected chi connectivity index (χ0v) is 12.7. The topological polar surface area (TPSA) is 30.2 Å². The van der Waals surface area contributed by atoms with Gasteiger partial charge in [0.1, 0.15) is 0 Å². The largest absolute Gasteiger partial charge is 0.325 e. The number of imidazole rings is 1. The molecule has 3 aromatic rings. The SMILES string of the molecule is CC(C)(C)n1cnc2cc(N=Cc3cccs3)ccc21. The predicted octanol–water partition coefficient (Wildman–Crippen LogP) is 4.60. The highest BCUT2D eigenvalue weighted by Crippen LogP contribution is 2.25. The fourth-order valence-corrected chi connectivity index (χ4v) is 2.70. The van der Waals surface area contributed by atoms with Crippen LogP contribution < -0.4 is 0 Å². The second kappa shape index (κ2) is 4.87. The van der Waals surface area contributed by atoms with Crippen molar-refractivity contribution in [3.8, 4) is 0 Å². The van der Waals surface area contributed by atoms with Gasteiger partial charge in [0, 0.05) is 16.6 Å². The molecule has 0 atom stereocenters. The molecule has 0 bridgehead atoms. The van der Waals surface area contributed by atoms with Crippen LogP contribution in [0.1, 0.15) is 25.6 Å². The molecule has 0 aliphatic rings. The van der Waals surface area contributed by atoms with Crippen LogP contribution in [0.4, 0.5) is 5.69 Å². The molecule has 0 spiro atoms. The van der Waals surface area contributed by atoms with Crippen molar-refractivity contribution in [2.24, 2.45) is 4.99 Å². The van der Waals surface area contributed by atoms with Crippen molar-refractivity contribution in [1.82, 2.24) is 9.55 Å². The minimum absolute atomic E-state index is 0.0382. The maximum atomic E-state index is 4.51. The molecule has 0 aliphatic carbocycles. The lowest BCUT2D eigenvalue weighted by Gasteiger charge is -2.21. The molecule has 20 heavy (non-hydrogen) atoms. The second-order valence-corrected chi connectivity index (χ2v) is 6.71. The molecule has 0 radical (unpaired) electrons. The first-order valence-corrected chi connectivity index (χ1v) is 7.47. The van der Waals surface area contributed by atoms with Gasteiger partial charge in [0.2, 0.25) is 0 Å². The zero-order chi connectivity index (χ0) is 14.2. The molecule has 0 fully saturated rings. The van der Waals surface area contributed by atoms with Gasteiger partial charge in [-0.25, -0.2) is 4.98 Å². The molecule has 0 saturated carbocycles. The van der Waals surface area contributed by atoms with E-state index in [4.69, 9.17) is 0 Å². The average Bonchev–Trinajstić information content (AvgIpc) is 3.04. The van der Waals surface area contributed by atoms with E-state index < -0.39 is 0 Å². The zero-order valence-electron chi connectivity index (χ0n) is 11.9. The Labute approximate surface area is 122 Å². The Morgan fingerprint density at radius 2 is 2.10 bits per heavy atom. The predicted molar refractivity (Wildman–Crippen MR) is 86.3 cm³/mol. The number of fused-ring (bicyclic) bond motifs is 1. The van der Waals surface area contributed by atoms with Crippen LogP contribution in [0.25, 0.3) is 11.0 Å². The molecule has 0 N–H and O–H groups in total.